The average molecular weight is 418 g/mol. The van der Waals surface area contributed by atoms with Crippen LogP contribution in [0.1, 0.15) is 58.3 Å². The fourth-order valence-electron chi connectivity index (χ4n) is 3.73. The predicted octanol–water partition coefficient (Wildman–Crippen LogP) is 3.27. The maximum atomic E-state index is 13.3. The molecule has 7 nitrogen and oxygen atoms in total. The summed E-state index contributed by atoms with van der Waals surface area (Å²) in [6, 6.07) is 6.24. The highest BCUT2D eigenvalue weighted by Gasteiger charge is 2.33. The molecule has 1 fully saturated rings. The summed E-state index contributed by atoms with van der Waals surface area (Å²) in [5.41, 5.74) is 2.22. The summed E-state index contributed by atoms with van der Waals surface area (Å²) in [7, 11) is -2.23. The molecule has 1 aromatic carbocycles. The molecule has 1 aliphatic heterocycles. The lowest BCUT2D eigenvalue weighted by Crippen LogP contribution is -2.36. The number of ketones is 1. The number of hydrogen-bond acceptors (Lipinski definition) is 4. The Morgan fingerprint density at radius 2 is 1.55 bits per heavy atom. The number of nitrogens with one attached hydrogen (secondary N) is 1. The SMILES string of the molecule is CC(=O)c1ccc(NS(=O)(=O)c2c(C(=O)N3CCCCC3)c(C)n(C)c2C)cc1. The summed E-state index contributed by atoms with van der Waals surface area (Å²) >= 11 is 0. The van der Waals surface area contributed by atoms with Crippen LogP contribution in [-0.4, -0.2) is 42.7 Å². The molecule has 0 bridgehead atoms. The normalized spacial score (nSPS) is 14.7. The molecule has 0 atom stereocenters. The Hall–Kier alpha value is -2.61. The van der Waals surface area contributed by atoms with Crippen LogP contribution < -0.4 is 4.72 Å². The van der Waals surface area contributed by atoms with Crippen molar-refractivity contribution in [1.29, 1.82) is 0 Å². The molecule has 8 heteroatoms. The number of aromatic nitrogens is 1. The third kappa shape index (κ3) is 4.07. The molecule has 0 aliphatic carbocycles. The van der Waals surface area contributed by atoms with Gasteiger partial charge < -0.3 is 9.47 Å². The van der Waals surface area contributed by atoms with Crippen molar-refractivity contribution in [1.82, 2.24) is 9.47 Å². The minimum atomic E-state index is -4.00. The molecule has 1 amide bonds. The first kappa shape index (κ1) is 21.1. The molecule has 2 aromatic rings. The molecule has 0 spiro atoms. The van der Waals surface area contributed by atoms with Crippen molar-refractivity contribution in [2.45, 2.75) is 44.9 Å². The van der Waals surface area contributed by atoms with Gasteiger partial charge in [-0.15, -0.1) is 0 Å². The summed E-state index contributed by atoms with van der Waals surface area (Å²) in [4.78, 5) is 26.4. The summed E-state index contributed by atoms with van der Waals surface area (Å²) < 4.78 is 30.8. The molecular weight excluding hydrogens is 390 g/mol. The van der Waals surface area contributed by atoms with Crippen LogP contribution >= 0.6 is 0 Å². The lowest BCUT2D eigenvalue weighted by molar-refractivity contribution is 0.0719. The van der Waals surface area contributed by atoms with E-state index in [1.54, 1.807) is 54.6 Å². The third-order valence-electron chi connectivity index (χ3n) is 5.59. The van der Waals surface area contributed by atoms with E-state index in [2.05, 4.69) is 4.72 Å². The number of piperidine rings is 1. The standard InChI is InChI=1S/C21H27N3O4S/c1-14-19(21(26)24-12-6-5-7-13-24)20(15(2)23(14)4)29(27,28)22-18-10-8-17(9-11-18)16(3)25/h8-11,22H,5-7,12-13H2,1-4H3. The van der Waals surface area contributed by atoms with Gasteiger partial charge >= 0.3 is 0 Å². The molecule has 1 saturated heterocycles. The van der Waals surface area contributed by atoms with Crippen molar-refractivity contribution in [3.63, 3.8) is 0 Å². The van der Waals surface area contributed by atoms with Crippen molar-refractivity contribution < 1.29 is 18.0 Å². The number of Topliss-reactive ketones (excluding diaryl/α,β-unsaturated/α-hetero) is 1. The molecule has 1 aromatic heterocycles. The third-order valence-corrected chi connectivity index (χ3v) is 7.13. The molecule has 2 heterocycles. The largest absolute Gasteiger partial charge is 0.350 e. The van der Waals surface area contributed by atoms with Gasteiger partial charge in [-0.25, -0.2) is 8.42 Å². The van der Waals surface area contributed by atoms with E-state index in [0.717, 1.165) is 19.3 Å². The topological polar surface area (TPSA) is 88.5 Å². The molecule has 0 saturated carbocycles. The number of carbonyl (C=O) groups excluding carboxylic acids is 2. The number of rotatable bonds is 5. The van der Waals surface area contributed by atoms with Crippen molar-refractivity contribution in [2.75, 3.05) is 17.8 Å². The van der Waals surface area contributed by atoms with Crippen LogP contribution in [0.5, 0.6) is 0 Å². The van der Waals surface area contributed by atoms with Crippen LogP contribution in [0.25, 0.3) is 0 Å². The van der Waals surface area contributed by atoms with Crippen molar-refractivity contribution >= 4 is 27.4 Å². The van der Waals surface area contributed by atoms with Gasteiger partial charge in [0.05, 0.1) is 5.56 Å². The maximum Gasteiger partial charge on any atom is 0.264 e. The van der Waals surface area contributed by atoms with E-state index in [1.165, 1.54) is 6.92 Å². The Balaban J connectivity index is 2.01. The smallest absolute Gasteiger partial charge is 0.264 e. The number of amides is 1. The Morgan fingerprint density at radius 1 is 0.966 bits per heavy atom. The predicted molar refractivity (Wildman–Crippen MR) is 112 cm³/mol. The quantitative estimate of drug-likeness (QED) is 0.756. The van der Waals surface area contributed by atoms with Gasteiger partial charge in [-0.05, 0) is 64.3 Å². The second-order valence-corrected chi connectivity index (χ2v) is 9.15. The maximum absolute atomic E-state index is 13.3. The van der Waals surface area contributed by atoms with Gasteiger partial charge in [0.1, 0.15) is 4.90 Å². The Labute approximate surface area is 171 Å². The van der Waals surface area contributed by atoms with Gasteiger partial charge in [-0.2, -0.15) is 0 Å². The number of sulfonamides is 1. The Morgan fingerprint density at radius 3 is 2.10 bits per heavy atom. The van der Waals surface area contributed by atoms with E-state index in [9.17, 15) is 18.0 Å². The highest BCUT2D eigenvalue weighted by molar-refractivity contribution is 7.92. The minimum absolute atomic E-state index is 0.0173. The number of hydrogen-bond donors (Lipinski definition) is 1. The van der Waals surface area contributed by atoms with E-state index in [4.69, 9.17) is 0 Å². The van der Waals surface area contributed by atoms with E-state index in [0.29, 0.717) is 35.7 Å². The Bertz CT molecular complexity index is 1050. The van der Waals surface area contributed by atoms with Crippen LogP contribution in [-0.2, 0) is 17.1 Å². The zero-order chi connectivity index (χ0) is 21.3. The lowest BCUT2D eigenvalue weighted by atomic mass is 10.1. The molecule has 0 radical (unpaired) electrons. The number of benzene rings is 1. The summed E-state index contributed by atoms with van der Waals surface area (Å²) in [6.45, 7) is 6.21. The van der Waals surface area contributed by atoms with E-state index in [1.807, 2.05) is 0 Å². The van der Waals surface area contributed by atoms with Crippen molar-refractivity contribution in [2.24, 2.45) is 7.05 Å². The fraction of sp³-hybridized carbons (Fsp3) is 0.429. The van der Waals surface area contributed by atoms with Crippen molar-refractivity contribution in [3.05, 3.63) is 46.8 Å². The lowest BCUT2D eigenvalue weighted by Gasteiger charge is -2.27. The number of likely N-dealkylation sites (tertiary alicyclic amines) is 1. The molecule has 156 valence electrons. The number of anilines is 1. The molecule has 1 N–H and O–H groups in total. The molecule has 0 unspecified atom stereocenters. The van der Waals surface area contributed by atoms with Gasteiger partial charge in [0.2, 0.25) is 0 Å². The van der Waals surface area contributed by atoms with Gasteiger partial charge in [-0.1, -0.05) is 0 Å². The fourth-order valence-corrected chi connectivity index (χ4v) is 5.31. The first-order chi connectivity index (χ1) is 13.6. The first-order valence-corrected chi connectivity index (χ1v) is 11.2. The molecule has 3 rings (SSSR count). The second kappa shape index (κ2) is 8.02. The number of carbonyl (C=O) groups is 2. The summed E-state index contributed by atoms with van der Waals surface area (Å²) in [5, 5.41) is 0. The Kier molecular flexibility index (Phi) is 5.84. The van der Waals surface area contributed by atoms with Gasteiger partial charge in [0.15, 0.2) is 5.78 Å². The van der Waals surface area contributed by atoms with Gasteiger partial charge in [-0.3, -0.25) is 14.3 Å². The highest BCUT2D eigenvalue weighted by Crippen LogP contribution is 2.30. The average Bonchev–Trinajstić information content (AvgIpc) is 2.93. The van der Waals surface area contributed by atoms with Crippen LogP contribution in [0, 0.1) is 13.8 Å². The first-order valence-electron chi connectivity index (χ1n) is 9.72. The number of nitrogens with zero attached hydrogens (tertiary/aromatic N) is 2. The zero-order valence-corrected chi connectivity index (χ0v) is 18.1. The van der Waals surface area contributed by atoms with Gasteiger partial charge in [0.25, 0.3) is 15.9 Å². The zero-order valence-electron chi connectivity index (χ0n) is 17.3. The van der Waals surface area contributed by atoms with E-state index < -0.39 is 10.0 Å². The monoisotopic (exact) mass is 417 g/mol. The minimum Gasteiger partial charge on any atom is -0.350 e. The molecule has 1 aliphatic rings. The molecular formula is C21H27N3O4S. The van der Waals surface area contributed by atoms with Crippen LogP contribution in [0.2, 0.25) is 0 Å². The van der Waals surface area contributed by atoms with Crippen LogP contribution in [0.3, 0.4) is 0 Å². The summed E-state index contributed by atoms with van der Waals surface area (Å²) in [5.74, 6) is -0.332. The molecule has 29 heavy (non-hydrogen) atoms. The van der Waals surface area contributed by atoms with Gasteiger partial charge in [0, 0.05) is 42.8 Å². The van der Waals surface area contributed by atoms with E-state index in [-0.39, 0.29) is 22.1 Å². The van der Waals surface area contributed by atoms with Crippen LogP contribution in [0.15, 0.2) is 29.2 Å². The second-order valence-electron chi connectivity index (χ2n) is 7.53. The van der Waals surface area contributed by atoms with Crippen molar-refractivity contribution in [3.8, 4) is 0 Å². The van der Waals surface area contributed by atoms with Crippen LogP contribution in [0.4, 0.5) is 5.69 Å². The summed E-state index contributed by atoms with van der Waals surface area (Å²) in [6.07, 6.45) is 2.94. The van der Waals surface area contributed by atoms with E-state index >= 15 is 0 Å². The highest BCUT2D eigenvalue weighted by atomic mass is 32.2.